The molecule has 0 unspecified atom stereocenters. The Kier molecular flexibility index (Phi) is 6.08. The second kappa shape index (κ2) is 9.12. The van der Waals surface area contributed by atoms with Gasteiger partial charge in [-0.2, -0.15) is 0 Å². The molecule has 4 aromatic rings. The van der Waals surface area contributed by atoms with Crippen LogP contribution in [0.4, 0.5) is 4.39 Å². The zero-order valence-corrected chi connectivity index (χ0v) is 18.1. The van der Waals surface area contributed by atoms with Gasteiger partial charge in [0.15, 0.2) is 0 Å². The van der Waals surface area contributed by atoms with Crippen LogP contribution in [0.2, 0.25) is 0 Å². The zero-order valence-electron chi connectivity index (χ0n) is 18.1. The number of methoxy groups -OCH3 is 1. The third-order valence-corrected chi connectivity index (χ3v) is 5.47. The van der Waals surface area contributed by atoms with Crippen molar-refractivity contribution < 1.29 is 13.9 Å². The number of nitrogens with one attached hydrogen (secondary N) is 1. The molecule has 0 aliphatic heterocycles. The van der Waals surface area contributed by atoms with Gasteiger partial charge in [0.1, 0.15) is 17.6 Å². The van der Waals surface area contributed by atoms with E-state index in [0.29, 0.717) is 22.3 Å². The zero-order chi connectivity index (χ0) is 23.5. The minimum absolute atomic E-state index is 0.175. The summed E-state index contributed by atoms with van der Waals surface area (Å²) >= 11 is 0. The summed E-state index contributed by atoms with van der Waals surface area (Å²) in [7, 11) is 1.52. The fraction of sp³-hybridized carbons (Fsp3) is 0.160. The number of benzene rings is 3. The predicted octanol–water partition coefficient (Wildman–Crippen LogP) is 3.18. The molecule has 1 N–H and O–H groups in total. The number of rotatable bonds is 6. The SMILES string of the molecule is COc1ccc(-n2c(=O)c3ccccc3n([C@@H](C)C(=O)NCc3ccc(F)cc3)c2=O)cc1. The van der Waals surface area contributed by atoms with Gasteiger partial charge < -0.3 is 10.1 Å². The number of hydrogen-bond donors (Lipinski definition) is 1. The number of para-hydroxylation sites is 1. The van der Waals surface area contributed by atoms with Gasteiger partial charge in [0.25, 0.3) is 5.56 Å². The Balaban J connectivity index is 1.77. The summed E-state index contributed by atoms with van der Waals surface area (Å²) in [5.41, 5.74) is 0.340. The van der Waals surface area contributed by atoms with Gasteiger partial charge in [0, 0.05) is 6.54 Å². The van der Waals surface area contributed by atoms with Crippen LogP contribution in [-0.2, 0) is 11.3 Å². The van der Waals surface area contributed by atoms with Crippen LogP contribution < -0.4 is 21.3 Å². The Morgan fingerprint density at radius 2 is 1.67 bits per heavy atom. The molecule has 0 radical (unpaired) electrons. The van der Waals surface area contributed by atoms with Gasteiger partial charge in [0.2, 0.25) is 5.91 Å². The number of ether oxygens (including phenoxy) is 1. The molecule has 1 atom stereocenters. The number of carbonyl (C=O) groups is 1. The van der Waals surface area contributed by atoms with Crippen molar-refractivity contribution in [1.82, 2.24) is 14.5 Å². The fourth-order valence-electron chi connectivity index (χ4n) is 3.67. The molecule has 0 spiro atoms. The first-order valence-electron chi connectivity index (χ1n) is 10.3. The molecule has 8 heteroatoms. The highest BCUT2D eigenvalue weighted by Gasteiger charge is 2.22. The van der Waals surface area contributed by atoms with Crippen LogP contribution in [0.25, 0.3) is 16.6 Å². The van der Waals surface area contributed by atoms with Gasteiger partial charge in [-0.3, -0.25) is 14.2 Å². The molecule has 0 saturated heterocycles. The molecule has 1 amide bonds. The standard InChI is InChI=1S/C25H22FN3O4/c1-16(23(30)27-15-17-7-9-18(26)10-8-17)28-22-6-4-3-5-21(22)24(31)29(25(28)32)19-11-13-20(33-2)14-12-19/h3-14,16H,15H2,1-2H3,(H,27,30)/t16-/m0/s1. The average Bonchev–Trinajstić information content (AvgIpc) is 2.84. The maximum absolute atomic E-state index is 13.5. The summed E-state index contributed by atoms with van der Waals surface area (Å²) in [5.74, 6) is -0.190. The Hall–Kier alpha value is -4.20. The highest BCUT2D eigenvalue weighted by Crippen LogP contribution is 2.17. The molecule has 1 aromatic heterocycles. The number of hydrogen-bond acceptors (Lipinski definition) is 4. The Labute approximate surface area is 188 Å². The van der Waals surface area contributed by atoms with E-state index in [1.807, 2.05) is 0 Å². The summed E-state index contributed by atoms with van der Waals surface area (Å²) in [6.45, 7) is 1.77. The van der Waals surface area contributed by atoms with Crippen LogP contribution in [0.3, 0.4) is 0 Å². The summed E-state index contributed by atoms with van der Waals surface area (Å²) in [5, 5.41) is 3.08. The van der Waals surface area contributed by atoms with Crippen molar-refractivity contribution in [3.63, 3.8) is 0 Å². The van der Waals surface area contributed by atoms with Crippen LogP contribution in [0.15, 0.2) is 82.4 Å². The topological polar surface area (TPSA) is 82.3 Å². The van der Waals surface area contributed by atoms with Crippen LogP contribution in [0.1, 0.15) is 18.5 Å². The van der Waals surface area contributed by atoms with E-state index in [0.717, 1.165) is 10.1 Å². The first-order chi connectivity index (χ1) is 15.9. The van der Waals surface area contributed by atoms with Gasteiger partial charge in [-0.1, -0.05) is 24.3 Å². The third kappa shape index (κ3) is 4.27. The van der Waals surface area contributed by atoms with Gasteiger partial charge in [0.05, 0.1) is 23.7 Å². The molecule has 33 heavy (non-hydrogen) atoms. The van der Waals surface area contributed by atoms with E-state index < -0.39 is 23.2 Å². The van der Waals surface area contributed by atoms with E-state index in [4.69, 9.17) is 4.74 Å². The summed E-state index contributed by atoms with van der Waals surface area (Å²) in [6.07, 6.45) is 0. The molecule has 1 heterocycles. The van der Waals surface area contributed by atoms with Gasteiger partial charge in [-0.15, -0.1) is 0 Å². The lowest BCUT2D eigenvalue weighted by atomic mass is 10.2. The van der Waals surface area contributed by atoms with E-state index in [2.05, 4.69) is 5.32 Å². The first-order valence-corrected chi connectivity index (χ1v) is 10.3. The third-order valence-electron chi connectivity index (χ3n) is 5.47. The molecule has 4 rings (SSSR count). The van der Waals surface area contributed by atoms with Crippen molar-refractivity contribution in [3.8, 4) is 11.4 Å². The molecule has 0 bridgehead atoms. The Morgan fingerprint density at radius 3 is 2.33 bits per heavy atom. The van der Waals surface area contributed by atoms with Crippen LogP contribution >= 0.6 is 0 Å². The van der Waals surface area contributed by atoms with Crippen molar-refractivity contribution >= 4 is 16.8 Å². The molecule has 0 fully saturated rings. The van der Waals surface area contributed by atoms with Crippen molar-refractivity contribution in [2.75, 3.05) is 7.11 Å². The lowest BCUT2D eigenvalue weighted by Crippen LogP contribution is -2.43. The number of halogens is 1. The molecule has 0 aliphatic carbocycles. The van der Waals surface area contributed by atoms with Crippen molar-refractivity contribution in [3.05, 3.63) is 105 Å². The van der Waals surface area contributed by atoms with Crippen LogP contribution in [0, 0.1) is 5.82 Å². The second-order valence-electron chi connectivity index (χ2n) is 7.53. The molecular formula is C25H22FN3O4. The molecular weight excluding hydrogens is 425 g/mol. The normalized spacial score (nSPS) is 11.8. The quantitative estimate of drug-likeness (QED) is 0.492. The predicted molar refractivity (Wildman–Crippen MR) is 123 cm³/mol. The molecule has 7 nitrogen and oxygen atoms in total. The fourth-order valence-corrected chi connectivity index (χ4v) is 3.67. The highest BCUT2D eigenvalue weighted by atomic mass is 19.1. The number of nitrogens with zero attached hydrogens (tertiary/aromatic N) is 2. The number of aromatic nitrogens is 2. The molecule has 3 aromatic carbocycles. The van der Waals surface area contributed by atoms with Crippen LogP contribution in [0.5, 0.6) is 5.75 Å². The van der Waals surface area contributed by atoms with E-state index >= 15 is 0 Å². The van der Waals surface area contributed by atoms with Crippen LogP contribution in [-0.4, -0.2) is 22.2 Å². The van der Waals surface area contributed by atoms with Crippen molar-refractivity contribution in [2.24, 2.45) is 0 Å². The smallest absolute Gasteiger partial charge is 0.336 e. The second-order valence-corrected chi connectivity index (χ2v) is 7.53. The first kappa shape index (κ1) is 22.0. The van der Waals surface area contributed by atoms with E-state index in [1.54, 1.807) is 67.6 Å². The Bertz CT molecular complexity index is 1420. The summed E-state index contributed by atoms with van der Waals surface area (Å²) in [6, 6.07) is 18.1. The molecule has 0 saturated carbocycles. The monoisotopic (exact) mass is 447 g/mol. The summed E-state index contributed by atoms with van der Waals surface area (Å²) in [4.78, 5) is 39.6. The molecule has 0 aliphatic rings. The minimum atomic E-state index is -0.909. The largest absolute Gasteiger partial charge is 0.497 e. The van der Waals surface area contributed by atoms with Gasteiger partial charge >= 0.3 is 5.69 Å². The van der Waals surface area contributed by atoms with Gasteiger partial charge in [-0.25, -0.2) is 13.8 Å². The van der Waals surface area contributed by atoms with E-state index in [1.165, 1.54) is 23.8 Å². The maximum atomic E-state index is 13.5. The van der Waals surface area contributed by atoms with Crippen molar-refractivity contribution in [2.45, 2.75) is 19.5 Å². The lowest BCUT2D eigenvalue weighted by Gasteiger charge is -2.19. The van der Waals surface area contributed by atoms with E-state index in [9.17, 15) is 18.8 Å². The highest BCUT2D eigenvalue weighted by molar-refractivity contribution is 5.84. The summed E-state index contributed by atoms with van der Waals surface area (Å²) < 4.78 is 20.6. The number of fused-ring (bicyclic) bond motifs is 1. The van der Waals surface area contributed by atoms with E-state index in [-0.39, 0.29) is 12.4 Å². The average molecular weight is 447 g/mol. The van der Waals surface area contributed by atoms with Crippen molar-refractivity contribution in [1.29, 1.82) is 0 Å². The minimum Gasteiger partial charge on any atom is -0.497 e. The maximum Gasteiger partial charge on any atom is 0.336 e. The Morgan fingerprint density at radius 1 is 1.00 bits per heavy atom. The number of carbonyl (C=O) groups excluding carboxylic acids is 1. The lowest BCUT2D eigenvalue weighted by molar-refractivity contribution is -0.124. The molecule has 168 valence electrons. The number of amides is 1. The van der Waals surface area contributed by atoms with Gasteiger partial charge in [-0.05, 0) is 61.0 Å².